The number of halogens is 1. The predicted molar refractivity (Wildman–Crippen MR) is 70.3 cm³/mol. The monoisotopic (exact) mass is 263 g/mol. The first kappa shape index (κ1) is 11.9. The molecule has 1 aromatic carbocycles. The van der Waals surface area contributed by atoms with E-state index in [0.717, 1.165) is 15.6 Å². The Morgan fingerprint density at radius 2 is 2.35 bits per heavy atom. The Morgan fingerprint density at radius 1 is 1.53 bits per heavy atom. The summed E-state index contributed by atoms with van der Waals surface area (Å²) >= 11 is 7.47. The van der Waals surface area contributed by atoms with Crippen molar-refractivity contribution in [2.75, 3.05) is 5.32 Å². The largest absolute Gasteiger partial charge is 0.379 e. The zero-order valence-corrected chi connectivity index (χ0v) is 10.8. The molecule has 2 rings (SSSR count). The molecule has 0 unspecified atom stereocenters. The molecule has 3 nitrogen and oxygen atoms in total. The fourth-order valence-electron chi connectivity index (χ4n) is 1.43. The summed E-state index contributed by atoms with van der Waals surface area (Å²) < 4.78 is 0. The number of hydrogen-bond acceptors (Lipinski definition) is 4. The van der Waals surface area contributed by atoms with Crippen LogP contribution in [0.15, 0.2) is 24.4 Å². The van der Waals surface area contributed by atoms with Gasteiger partial charge in [-0.1, -0.05) is 11.6 Å². The number of anilines is 1. The van der Waals surface area contributed by atoms with Gasteiger partial charge in [0, 0.05) is 16.1 Å². The zero-order chi connectivity index (χ0) is 12.3. The van der Waals surface area contributed by atoms with Gasteiger partial charge in [0.2, 0.25) is 0 Å². The summed E-state index contributed by atoms with van der Waals surface area (Å²) in [6.07, 6.45) is 1.84. The Bertz CT molecular complexity index is 571. The molecule has 0 atom stereocenters. The van der Waals surface area contributed by atoms with Gasteiger partial charge in [0.15, 0.2) is 0 Å². The topological polar surface area (TPSA) is 48.7 Å². The second-order valence-corrected chi connectivity index (χ2v) is 5.26. The third kappa shape index (κ3) is 2.96. The van der Waals surface area contributed by atoms with Gasteiger partial charge < -0.3 is 5.32 Å². The van der Waals surface area contributed by atoms with Gasteiger partial charge in [-0.2, -0.15) is 5.26 Å². The van der Waals surface area contributed by atoms with E-state index in [-0.39, 0.29) is 0 Å². The Balaban J connectivity index is 2.12. The van der Waals surface area contributed by atoms with Crippen molar-refractivity contribution in [2.45, 2.75) is 13.5 Å². The minimum Gasteiger partial charge on any atom is -0.379 e. The average molecular weight is 264 g/mol. The van der Waals surface area contributed by atoms with Crippen LogP contribution in [0.2, 0.25) is 5.02 Å². The molecule has 1 heterocycles. The molecule has 1 N–H and O–H groups in total. The lowest BCUT2D eigenvalue weighted by Crippen LogP contribution is -1.99. The highest BCUT2D eigenvalue weighted by molar-refractivity contribution is 7.11. The van der Waals surface area contributed by atoms with Crippen LogP contribution in [0.25, 0.3) is 0 Å². The number of hydrogen-bond donors (Lipinski definition) is 1. The number of thiazole rings is 1. The van der Waals surface area contributed by atoms with Crippen LogP contribution in [0.3, 0.4) is 0 Å². The number of benzene rings is 1. The van der Waals surface area contributed by atoms with Crippen molar-refractivity contribution in [1.29, 1.82) is 5.26 Å². The minimum absolute atomic E-state index is 0.554. The van der Waals surface area contributed by atoms with Crippen LogP contribution >= 0.6 is 22.9 Å². The lowest BCUT2D eigenvalue weighted by Gasteiger charge is -2.06. The van der Waals surface area contributed by atoms with E-state index in [9.17, 15) is 0 Å². The van der Waals surface area contributed by atoms with Crippen LogP contribution in [0.5, 0.6) is 0 Å². The van der Waals surface area contributed by atoms with Crippen molar-refractivity contribution < 1.29 is 0 Å². The van der Waals surface area contributed by atoms with Gasteiger partial charge in [0.25, 0.3) is 0 Å². The number of aromatic nitrogens is 1. The van der Waals surface area contributed by atoms with Crippen LogP contribution in [-0.2, 0) is 6.54 Å². The smallest absolute Gasteiger partial charge is 0.101 e. The lowest BCUT2D eigenvalue weighted by molar-refractivity contribution is 1.16. The molecular formula is C12H10ClN3S. The molecule has 0 saturated carbocycles. The number of nitrogens with one attached hydrogen (secondary N) is 1. The lowest BCUT2D eigenvalue weighted by atomic mass is 10.2. The molecule has 0 radical (unpaired) electrons. The maximum Gasteiger partial charge on any atom is 0.101 e. The molecule has 0 saturated heterocycles. The van der Waals surface area contributed by atoms with Crippen molar-refractivity contribution in [2.24, 2.45) is 0 Å². The summed E-state index contributed by atoms with van der Waals surface area (Å²) in [5.74, 6) is 0. The van der Waals surface area contributed by atoms with Gasteiger partial charge in [-0.3, -0.25) is 0 Å². The van der Waals surface area contributed by atoms with Crippen LogP contribution in [0, 0.1) is 18.3 Å². The normalized spacial score (nSPS) is 9.94. The first-order chi connectivity index (χ1) is 8.19. The molecule has 0 spiro atoms. The van der Waals surface area contributed by atoms with E-state index in [0.29, 0.717) is 17.1 Å². The van der Waals surface area contributed by atoms with Crippen molar-refractivity contribution in [3.63, 3.8) is 0 Å². The maximum absolute atomic E-state index is 8.99. The quantitative estimate of drug-likeness (QED) is 0.921. The Labute approximate surface area is 109 Å². The van der Waals surface area contributed by atoms with Gasteiger partial charge in [-0.15, -0.1) is 11.3 Å². The average Bonchev–Trinajstić information content (AvgIpc) is 2.73. The Kier molecular flexibility index (Phi) is 3.62. The zero-order valence-electron chi connectivity index (χ0n) is 9.20. The van der Waals surface area contributed by atoms with Crippen molar-refractivity contribution in [3.05, 3.63) is 44.9 Å². The molecule has 1 aromatic heterocycles. The minimum atomic E-state index is 0.554. The third-order valence-corrected chi connectivity index (χ3v) is 3.37. The summed E-state index contributed by atoms with van der Waals surface area (Å²) in [6, 6.07) is 7.35. The Hall–Kier alpha value is -1.57. The maximum atomic E-state index is 8.99. The summed E-state index contributed by atoms with van der Waals surface area (Å²) in [6.45, 7) is 2.64. The molecular weight excluding hydrogens is 254 g/mol. The summed E-state index contributed by atoms with van der Waals surface area (Å²) in [4.78, 5) is 5.32. The molecule has 17 heavy (non-hydrogen) atoms. The van der Waals surface area contributed by atoms with E-state index in [1.807, 2.05) is 19.2 Å². The highest BCUT2D eigenvalue weighted by Gasteiger charge is 2.03. The van der Waals surface area contributed by atoms with E-state index in [2.05, 4.69) is 16.4 Å². The SMILES string of the molecule is Cc1ncc(CNc2ccc(Cl)cc2C#N)s1. The molecule has 2 aromatic rings. The van der Waals surface area contributed by atoms with Gasteiger partial charge in [-0.25, -0.2) is 4.98 Å². The first-order valence-electron chi connectivity index (χ1n) is 5.04. The summed E-state index contributed by atoms with van der Waals surface area (Å²) in [7, 11) is 0. The molecule has 0 aliphatic carbocycles. The standard InChI is InChI=1S/C12H10ClN3S/c1-8-15-6-11(17-8)7-16-12-3-2-10(13)4-9(12)5-14/h2-4,6,16H,7H2,1H3. The second kappa shape index (κ2) is 5.17. The van der Waals surface area contributed by atoms with E-state index in [1.165, 1.54) is 0 Å². The van der Waals surface area contributed by atoms with E-state index < -0.39 is 0 Å². The number of aryl methyl sites for hydroxylation is 1. The second-order valence-electron chi connectivity index (χ2n) is 3.50. The number of nitrogens with zero attached hydrogens (tertiary/aromatic N) is 2. The van der Waals surface area contributed by atoms with E-state index >= 15 is 0 Å². The van der Waals surface area contributed by atoms with Gasteiger partial charge >= 0.3 is 0 Å². The fourth-order valence-corrected chi connectivity index (χ4v) is 2.34. The summed E-state index contributed by atoms with van der Waals surface area (Å²) in [5.41, 5.74) is 1.35. The molecule has 86 valence electrons. The molecule has 0 fully saturated rings. The molecule has 0 bridgehead atoms. The van der Waals surface area contributed by atoms with Crippen LogP contribution in [0.1, 0.15) is 15.4 Å². The van der Waals surface area contributed by atoms with E-state index in [4.69, 9.17) is 16.9 Å². The molecule has 0 amide bonds. The number of nitriles is 1. The van der Waals surface area contributed by atoms with Gasteiger partial charge in [-0.05, 0) is 25.1 Å². The first-order valence-corrected chi connectivity index (χ1v) is 6.23. The third-order valence-electron chi connectivity index (χ3n) is 2.22. The Morgan fingerprint density at radius 3 is 3.00 bits per heavy atom. The van der Waals surface area contributed by atoms with Crippen LogP contribution in [-0.4, -0.2) is 4.98 Å². The van der Waals surface area contributed by atoms with Crippen LogP contribution < -0.4 is 5.32 Å². The highest BCUT2D eigenvalue weighted by Crippen LogP contribution is 2.21. The van der Waals surface area contributed by atoms with Crippen molar-refractivity contribution >= 4 is 28.6 Å². The van der Waals surface area contributed by atoms with Gasteiger partial charge in [0.05, 0.1) is 22.8 Å². The van der Waals surface area contributed by atoms with Crippen molar-refractivity contribution in [3.8, 4) is 6.07 Å². The fraction of sp³-hybridized carbons (Fsp3) is 0.167. The molecule has 5 heteroatoms. The predicted octanol–water partition coefficient (Wildman–Crippen LogP) is 3.59. The number of rotatable bonds is 3. The van der Waals surface area contributed by atoms with Crippen LogP contribution in [0.4, 0.5) is 5.69 Å². The van der Waals surface area contributed by atoms with E-state index in [1.54, 1.807) is 23.5 Å². The van der Waals surface area contributed by atoms with Crippen molar-refractivity contribution in [1.82, 2.24) is 4.98 Å². The van der Waals surface area contributed by atoms with Gasteiger partial charge in [0.1, 0.15) is 6.07 Å². The summed E-state index contributed by atoms with van der Waals surface area (Å²) in [5, 5.41) is 13.8. The molecule has 0 aliphatic heterocycles. The molecule has 0 aliphatic rings. The highest BCUT2D eigenvalue weighted by atomic mass is 35.5.